The average Bonchev–Trinajstić information content (AvgIpc) is 2.03. The molecule has 0 rings (SSSR count). The molecule has 11 heavy (non-hydrogen) atoms. The molecule has 0 heterocycles. The van der Waals surface area contributed by atoms with Crippen molar-refractivity contribution in [2.24, 2.45) is 0 Å². The second-order valence-electron chi connectivity index (χ2n) is 2.54. The fraction of sp³-hybridized carbons (Fsp3) is 0.800. The number of hydrogen-bond donors (Lipinski definition) is 0. The molecular formula is C10H18O. The van der Waals surface area contributed by atoms with E-state index in [4.69, 9.17) is 4.74 Å². The van der Waals surface area contributed by atoms with Gasteiger partial charge < -0.3 is 4.74 Å². The summed E-state index contributed by atoms with van der Waals surface area (Å²) in [5, 5.41) is 0. The highest BCUT2D eigenvalue weighted by atomic mass is 16.5. The van der Waals surface area contributed by atoms with Gasteiger partial charge in [0.05, 0.1) is 0 Å². The van der Waals surface area contributed by atoms with Crippen LogP contribution >= 0.6 is 0 Å². The van der Waals surface area contributed by atoms with Crippen LogP contribution in [0, 0.1) is 12.0 Å². The largest absolute Gasteiger partial charge is 0.447 e. The van der Waals surface area contributed by atoms with Gasteiger partial charge >= 0.3 is 0 Å². The summed E-state index contributed by atoms with van der Waals surface area (Å²) in [5.41, 5.74) is 0. The van der Waals surface area contributed by atoms with Crippen molar-refractivity contribution in [2.45, 2.75) is 46.0 Å². The van der Waals surface area contributed by atoms with E-state index in [1.165, 1.54) is 19.3 Å². The lowest BCUT2D eigenvalue weighted by molar-refractivity contribution is 0.267. The molecule has 0 spiro atoms. The Balaban J connectivity index is 2.90. The Kier molecular flexibility index (Phi) is 8.82. The summed E-state index contributed by atoms with van der Waals surface area (Å²) in [6, 6.07) is 0. The lowest BCUT2D eigenvalue weighted by Gasteiger charge is -1.96. The van der Waals surface area contributed by atoms with E-state index in [-0.39, 0.29) is 0 Å². The van der Waals surface area contributed by atoms with Crippen molar-refractivity contribution >= 4 is 0 Å². The first-order chi connectivity index (χ1) is 5.41. The van der Waals surface area contributed by atoms with Gasteiger partial charge in [0.2, 0.25) is 0 Å². The van der Waals surface area contributed by atoms with Crippen molar-refractivity contribution in [1.82, 2.24) is 0 Å². The first-order valence-corrected chi connectivity index (χ1v) is 4.51. The van der Waals surface area contributed by atoms with Gasteiger partial charge in [-0.2, -0.15) is 0 Å². The topological polar surface area (TPSA) is 9.23 Å². The molecule has 0 amide bonds. The molecule has 0 fully saturated rings. The zero-order chi connectivity index (χ0) is 8.36. The Morgan fingerprint density at radius 2 is 1.91 bits per heavy atom. The molecule has 1 heteroatoms. The summed E-state index contributed by atoms with van der Waals surface area (Å²) in [5.74, 6) is 2.87. The highest BCUT2D eigenvalue weighted by Crippen LogP contribution is 1.97. The summed E-state index contributed by atoms with van der Waals surface area (Å²) >= 11 is 0. The van der Waals surface area contributed by atoms with Crippen LogP contribution in [0.2, 0.25) is 0 Å². The van der Waals surface area contributed by atoms with Gasteiger partial charge in [-0.05, 0) is 6.42 Å². The Morgan fingerprint density at radius 1 is 1.09 bits per heavy atom. The zero-order valence-corrected chi connectivity index (χ0v) is 7.65. The van der Waals surface area contributed by atoms with E-state index in [1.54, 1.807) is 0 Å². The van der Waals surface area contributed by atoms with E-state index < -0.39 is 0 Å². The van der Waals surface area contributed by atoms with E-state index in [1.807, 2.05) is 6.92 Å². The molecular weight excluding hydrogens is 136 g/mol. The summed E-state index contributed by atoms with van der Waals surface area (Å²) in [4.78, 5) is 0. The fourth-order valence-electron chi connectivity index (χ4n) is 0.775. The predicted molar refractivity (Wildman–Crippen MR) is 48.2 cm³/mol. The van der Waals surface area contributed by atoms with E-state index in [2.05, 4.69) is 19.0 Å². The molecule has 1 nitrogen and oxygen atoms in total. The van der Waals surface area contributed by atoms with Crippen molar-refractivity contribution in [2.75, 3.05) is 6.61 Å². The van der Waals surface area contributed by atoms with Crippen molar-refractivity contribution in [3.8, 4) is 12.0 Å². The van der Waals surface area contributed by atoms with Crippen LogP contribution in [0.25, 0.3) is 0 Å². The van der Waals surface area contributed by atoms with Gasteiger partial charge in [-0.3, -0.25) is 0 Å². The molecule has 0 saturated carbocycles. The standard InChI is InChI=1S/C10H18O/c1-3-5-7-8-10-11-9-6-4-2/h3-5,7-8,10H2,1-2H3. The second-order valence-corrected chi connectivity index (χ2v) is 2.54. The number of rotatable bonds is 5. The summed E-state index contributed by atoms with van der Waals surface area (Å²) in [7, 11) is 0. The van der Waals surface area contributed by atoms with Crippen LogP contribution in [0.3, 0.4) is 0 Å². The van der Waals surface area contributed by atoms with Crippen LogP contribution in [0.5, 0.6) is 0 Å². The van der Waals surface area contributed by atoms with Gasteiger partial charge in [0.15, 0.2) is 0 Å². The summed E-state index contributed by atoms with van der Waals surface area (Å²) < 4.78 is 5.06. The third-order valence-corrected chi connectivity index (χ3v) is 1.42. The minimum absolute atomic E-state index is 0.799. The van der Waals surface area contributed by atoms with E-state index in [0.717, 1.165) is 19.4 Å². The minimum atomic E-state index is 0.799. The molecule has 0 radical (unpaired) electrons. The SMILES string of the molecule is CCC#COCCCCCC. The van der Waals surface area contributed by atoms with Crippen LogP contribution < -0.4 is 0 Å². The third kappa shape index (κ3) is 9.36. The number of hydrogen-bond acceptors (Lipinski definition) is 1. The summed E-state index contributed by atoms with van der Waals surface area (Å²) in [6.07, 6.45) is 8.55. The maximum atomic E-state index is 5.06. The molecule has 0 aliphatic carbocycles. The molecule has 0 aliphatic heterocycles. The van der Waals surface area contributed by atoms with Crippen LogP contribution in [0.4, 0.5) is 0 Å². The van der Waals surface area contributed by atoms with Gasteiger partial charge in [0.25, 0.3) is 0 Å². The molecule has 0 aromatic carbocycles. The number of ether oxygens (including phenoxy) is 1. The quantitative estimate of drug-likeness (QED) is 0.437. The van der Waals surface area contributed by atoms with Crippen molar-refractivity contribution in [3.63, 3.8) is 0 Å². The smallest absolute Gasteiger partial charge is 0.110 e. The number of unbranched alkanes of at least 4 members (excludes halogenated alkanes) is 3. The first-order valence-electron chi connectivity index (χ1n) is 4.51. The minimum Gasteiger partial charge on any atom is -0.447 e. The molecule has 0 unspecified atom stereocenters. The fourth-order valence-corrected chi connectivity index (χ4v) is 0.775. The molecule has 0 aliphatic rings. The van der Waals surface area contributed by atoms with Gasteiger partial charge in [-0.1, -0.05) is 39.0 Å². The Morgan fingerprint density at radius 3 is 2.55 bits per heavy atom. The van der Waals surface area contributed by atoms with E-state index in [9.17, 15) is 0 Å². The van der Waals surface area contributed by atoms with Crippen molar-refractivity contribution in [1.29, 1.82) is 0 Å². The van der Waals surface area contributed by atoms with Crippen LogP contribution in [0.15, 0.2) is 0 Å². The first kappa shape index (κ1) is 10.4. The third-order valence-electron chi connectivity index (χ3n) is 1.42. The molecule has 0 saturated heterocycles. The average molecular weight is 154 g/mol. The maximum absolute atomic E-state index is 5.06. The lowest BCUT2D eigenvalue weighted by Crippen LogP contribution is -1.87. The van der Waals surface area contributed by atoms with E-state index >= 15 is 0 Å². The van der Waals surface area contributed by atoms with Gasteiger partial charge in [-0.15, -0.1) is 0 Å². The Labute approximate surface area is 70.1 Å². The highest BCUT2D eigenvalue weighted by Gasteiger charge is 1.85. The monoisotopic (exact) mass is 154 g/mol. The highest BCUT2D eigenvalue weighted by molar-refractivity contribution is 4.89. The Bertz CT molecular complexity index is 119. The van der Waals surface area contributed by atoms with Crippen LogP contribution in [-0.2, 0) is 4.74 Å². The molecule has 64 valence electrons. The summed E-state index contributed by atoms with van der Waals surface area (Å²) in [6.45, 7) is 5.03. The zero-order valence-electron chi connectivity index (χ0n) is 7.65. The van der Waals surface area contributed by atoms with Crippen LogP contribution in [0.1, 0.15) is 46.0 Å². The van der Waals surface area contributed by atoms with Gasteiger partial charge in [0.1, 0.15) is 12.7 Å². The molecule has 0 aromatic heterocycles. The molecule has 0 N–H and O–H groups in total. The van der Waals surface area contributed by atoms with Crippen LogP contribution in [-0.4, -0.2) is 6.61 Å². The second kappa shape index (κ2) is 9.36. The predicted octanol–water partition coefficient (Wildman–Crippen LogP) is 2.95. The Hall–Kier alpha value is -0.640. The van der Waals surface area contributed by atoms with Crippen molar-refractivity contribution < 1.29 is 4.74 Å². The van der Waals surface area contributed by atoms with Gasteiger partial charge in [0, 0.05) is 6.42 Å². The van der Waals surface area contributed by atoms with E-state index in [0.29, 0.717) is 0 Å². The molecule has 0 atom stereocenters. The van der Waals surface area contributed by atoms with Gasteiger partial charge in [-0.25, -0.2) is 0 Å². The normalized spacial score (nSPS) is 8.55. The molecule has 0 aromatic rings. The maximum Gasteiger partial charge on any atom is 0.110 e. The lowest BCUT2D eigenvalue weighted by atomic mass is 10.2. The van der Waals surface area contributed by atoms with Crippen molar-refractivity contribution in [3.05, 3.63) is 0 Å². The molecule has 0 bridgehead atoms.